The monoisotopic (exact) mass is 531 g/mol. The van der Waals surface area contributed by atoms with Gasteiger partial charge in [0.2, 0.25) is 5.78 Å². The van der Waals surface area contributed by atoms with E-state index in [1.165, 1.54) is 0 Å². The van der Waals surface area contributed by atoms with Crippen molar-refractivity contribution in [3.63, 3.8) is 0 Å². The van der Waals surface area contributed by atoms with E-state index < -0.39 is 29.3 Å². The highest BCUT2D eigenvalue weighted by Gasteiger charge is 2.47. The van der Waals surface area contributed by atoms with Crippen LogP contribution in [0.5, 0.6) is 0 Å². The molecule has 120 valence electrons. The largest absolute Gasteiger partial charge is 0.449 e. The van der Waals surface area contributed by atoms with Gasteiger partial charge < -0.3 is 14.8 Å². The molecular formula is C14H15I2NO5. The maximum atomic E-state index is 12.0. The van der Waals surface area contributed by atoms with Crippen LogP contribution in [0, 0.1) is 0 Å². The summed E-state index contributed by atoms with van der Waals surface area (Å²) in [6.07, 6.45) is 2.80. The molecule has 0 aromatic rings. The van der Waals surface area contributed by atoms with Crippen molar-refractivity contribution < 1.29 is 23.9 Å². The summed E-state index contributed by atoms with van der Waals surface area (Å²) >= 11 is 3.84. The number of halogens is 2. The van der Waals surface area contributed by atoms with Gasteiger partial charge in [0, 0.05) is 6.42 Å². The van der Waals surface area contributed by atoms with Crippen LogP contribution in [-0.4, -0.2) is 35.1 Å². The van der Waals surface area contributed by atoms with Crippen LogP contribution in [0.4, 0.5) is 4.79 Å². The lowest BCUT2D eigenvalue weighted by molar-refractivity contribution is -0.144. The summed E-state index contributed by atoms with van der Waals surface area (Å²) in [5, 5.41) is 2.51. The van der Waals surface area contributed by atoms with Crippen molar-refractivity contribution in [3.8, 4) is 0 Å². The third-order valence-electron chi connectivity index (χ3n) is 2.97. The number of ether oxygens (including phenoxy) is 2. The first-order valence-electron chi connectivity index (χ1n) is 6.55. The highest BCUT2D eigenvalue weighted by atomic mass is 127. The number of nitrogens with one attached hydrogen (secondary N) is 1. The zero-order valence-electron chi connectivity index (χ0n) is 12.2. The molecule has 2 aliphatic rings. The van der Waals surface area contributed by atoms with Crippen LogP contribution < -0.4 is 5.32 Å². The summed E-state index contributed by atoms with van der Waals surface area (Å²) in [5.41, 5.74) is -1.62. The second-order valence-electron chi connectivity index (χ2n) is 6.09. The fraction of sp³-hybridized carbons (Fsp3) is 0.500. The van der Waals surface area contributed by atoms with Gasteiger partial charge in [-0.25, -0.2) is 9.59 Å². The van der Waals surface area contributed by atoms with Gasteiger partial charge in [-0.15, -0.1) is 0 Å². The van der Waals surface area contributed by atoms with Crippen molar-refractivity contribution in [2.75, 3.05) is 0 Å². The molecule has 2 rings (SSSR count). The van der Waals surface area contributed by atoms with Crippen molar-refractivity contribution in [3.05, 3.63) is 19.3 Å². The van der Waals surface area contributed by atoms with E-state index in [1.807, 2.05) is 45.2 Å². The first kappa shape index (κ1) is 17.7. The summed E-state index contributed by atoms with van der Waals surface area (Å²) in [7, 11) is 0. The van der Waals surface area contributed by atoms with Crippen LogP contribution >= 0.6 is 45.2 Å². The Hall–Kier alpha value is -0.650. The van der Waals surface area contributed by atoms with Gasteiger partial charge in [0.05, 0.1) is 7.16 Å². The quantitative estimate of drug-likeness (QED) is 0.416. The molecule has 22 heavy (non-hydrogen) atoms. The second-order valence-corrected chi connectivity index (χ2v) is 8.42. The molecule has 1 N–H and O–H groups in total. The minimum atomic E-state index is -0.974. The molecule has 0 saturated carbocycles. The summed E-state index contributed by atoms with van der Waals surface area (Å²) in [4.78, 5) is 35.6. The van der Waals surface area contributed by atoms with E-state index >= 15 is 0 Å². The molecule has 1 heterocycles. The van der Waals surface area contributed by atoms with E-state index in [4.69, 9.17) is 9.47 Å². The first-order chi connectivity index (χ1) is 10.0. The molecule has 1 amide bonds. The van der Waals surface area contributed by atoms with Crippen molar-refractivity contribution in [1.29, 1.82) is 0 Å². The Balaban J connectivity index is 2.12. The fourth-order valence-corrected chi connectivity index (χ4v) is 4.31. The first-order valence-corrected chi connectivity index (χ1v) is 8.71. The third-order valence-corrected chi connectivity index (χ3v) is 4.57. The van der Waals surface area contributed by atoms with E-state index in [0.29, 0.717) is 7.16 Å². The predicted molar refractivity (Wildman–Crippen MR) is 95.8 cm³/mol. The Morgan fingerprint density at radius 3 is 2.36 bits per heavy atom. The molecule has 1 fully saturated rings. The van der Waals surface area contributed by atoms with Gasteiger partial charge in [-0.1, -0.05) is 0 Å². The van der Waals surface area contributed by atoms with E-state index in [9.17, 15) is 14.4 Å². The highest BCUT2D eigenvalue weighted by molar-refractivity contribution is 14.1. The number of Topliss-reactive ketones (excluding diaryl/α,β-unsaturated/α-hetero) is 1. The number of alkyl carbamates (subject to hydrolysis) is 1. The zero-order chi connectivity index (χ0) is 16.7. The average Bonchev–Trinajstić information content (AvgIpc) is 2.59. The molecule has 1 aliphatic heterocycles. The van der Waals surface area contributed by atoms with Crippen molar-refractivity contribution in [1.82, 2.24) is 5.32 Å². The minimum Gasteiger partial charge on any atom is -0.449 e. The third kappa shape index (κ3) is 4.00. The molecular weight excluding hydrogens is 516 g/mol. The number of esters is 1. The van der Waals surface area contributed by atoms with Crippen LogP contribution in [0.2, 0.25) is 0 Å². The van der Waals surface area contributed by atoms with E-state index in [0.717, 1.165) is 0 Å². The van der Waals surface area contributed by atoms with Gasteiger partial charge in [-0.3, -0.25) is 4.79 Å². The van der Waals surface area contributed by atoms with Gasteiger partial charge >= 0.3 is 12.1 Å². The summed E-state index contributed by atoms with van der Waals surface area (Å²) < 4.78 is 11.5. The van der Waals surface area contributed by atoms with E-state index in [-0.39, 0.29) is 12.2 Å². The lowest BCUT2D eigenvalue weighted by Gasteiger charge is -2.24. The van der Waals surface area contributed by atoms with Gasteiger partial charge in [0.25, 0.3) is 0 Å². The summed E-state index contributed by atoms with van der Waals surface area (Å²) in [5.74, 6) is -0.632. The summed E-state index contributed by atoms with van der Waals surface area (Å²) in [6, 6.07) is -0.802. The lowest BCUT2D eigenvalue weighted by Crippen LogP contribution is -2.41. The molecule has 8 heteroatoms. The van der Waals surface area contributed by atoms with Gasteiger partial charge in [0.15, 0.2) is 5.60 Å². The molecule has 0 aromatic carbocycles. The highest BCUT2D eigenvalue weighted by Crippen LogP contribution is 2.38. The number of hydrogen-bond acceptors (Lipinski definition) is 5. The average molecular weight is 531 g/mol. The maximum Gasteiger partial charge on any atom is 0.408 e. The molecule has 1 spiro atoms. The molecule has 0 radical (unpaired) electrons. The Labute approximate surface area is 155 Å². The van der Waals surface area contributed by atoms with Gasteiger partial charge in [-0.2, -0.15) is 0 Å². The van der Waals surface area contributed by atoms with Gasteiger partial charge in [-0.05, 0) is 78.1 Å². The number of carbonyl (C=O) groups excluding carboxylic acids is 3. The number of allylic oxidation sites excluding steroid dienone is 2. The molecule has 0 aromatic heterocycles. The Kier molecular flexibility index (Phi) is 4.91. The smallest absolute Gasteiger partial charge is 0.408 e. The molecule has 1 saturated heterocycles. The Morgan fingerprint density at radius 2 is 1.86 bits per heavy atom. The standard InChI is InChI=1S/C14H15I2NO5/c1-13(2,3)22-12(20)17-9-6-14(21-11(9)19)4-7(15)10(18)8(16)5-14/h4-5,9H,6H2,1-3H3,(H,17,20). The van der Waals surface area contributed by atoms with Crippen molar-refractivity contribution >= 4 is 63.0 Å². The number of hydrogen-bond donors (Lipinski definition) is 1. The van der Waals surface area contributed by atoms with Crippen LogP contribution in [-0.2, 0) is 19.1 Å². The Morgan fingerprint density at radius 1 is 1.32 bits per heavy atom. The molecule has 1 unspecified atom stereocenters. The zero-order valence-corrected chi connectivity index (χ0v) is 16.6. The molecule has 0 bridgehead atoms. The van der Waals surface area contributed by atoms with E-state index in [1.54, 1.807) is 32.9 Å². The number of carbonyl (C=O) groups is 3. The lowest BCUT2D eigenvalue weighted by atomic mass is 9.93. The summed E-state index contributed by atoms with van der Waals surface area (Å²) in [6.45, 7) is 5.22. The number of amides is 1. The maximum absolute atomic E-state index is 12.0. The topological polar surface area (TPSA) is 81.7 Å². The van der Waals surface area contributed by atoms with Crippen molar-refractivity contribution in [2.45, 2.75) is 44.4 Å². The van der Waals surface area contributed by atoms with Crippen LogP contribution in [0.3, 0.4) is 0 Å². The van der Waals surface area contributed by atoms with Crippen LogP contribution in [0.15, 0.2) is 19.3 Å². The van der Waals surface area contributed by atoms with Crippen molar-refractivity contribution in [2.24, 2.45) is 0 Å². The van der Waals surface area contributed by atoms with Gasteiger partial charge in [0.1, 0.15) is 11.6 Å². The normalized spacial score (nSPS) is 23.8. The Bertz CT molecular complexity index is 581. The number of rotatable bonds is 1. The molecule has 1 atom stereocenters. The second kappa shape index (κ2) is 6.10. The van der Waals surface area contributed by atoms with E-state index in [2.05, 4.69) is 5.32 Å². The SMILES string of the molecule is CC(C)(C)OC(=O)NC1CC2(C=C(I)C(=O)C(I)=C2)OC1=O. The minimum absolute atomic E-state index is 0.0913. The van der Waals surface area contributed by atoms with Crippen LogP contribution in [0.1, 0.15) is 27.2 Å². The predicted octanol–water partition coefficient (Wildman–Crippen LogP) is 2.79. The molecule has 6 nitrogen and oxygen atoms in total. The number of ketones is 1. The fourth-order valence-electron chi connectivity index (χ4n) is 2.15. The molecule has 1 aliphatic carbocycles. The van der Waals surface area contributed by atoms with Crippen LogP contribution in [0.25, 0.3) is 0 Å².